The van der Waals surface area contributed by atoms with Crippen LogP contribution in [0.4, 0.5) is 0 Å². The molecule has 8 heteroatoms. The lowest BCUT2D eigenvalue weighted by Gasteiger charge is -2.03. The van der Waals surface area contributed by atoms with Gasteiger partial charge in [0.15, 0.2) is 14.9 Å². The minimum absolute atomic E-state index is 0.112. The lowest BCUT2D eigenvalue weighted by Crippen LogP contribution is -2.02. The van der Waals surface area contributed by atoms with E-state index in [0.717, 1.165) is 6.26 Å². The van der Waals surface area contributed by atoms with Gasteiger partial charge in [0.05, 0.1) is 11.2 Å². The number of aromatic nitrogens is 3. The molecular formula is C10H8ClN3O3S. The van der Waals surface area contributed by atoms with Gasteiger partial charge in [-0.15, -0.1) is 10.2 Å². The summed E-state index contributed by atoms with van der Waals surface area (Å²) in [6, 6.07) is 4.28. The van der Waals surface area contributed by atoms with Crippen LogP contribution in [0.3, 0.4) is 0 Å². The van der Waals surface area contributed by atoms with E-state index in [-0.39, 0.29) is 10.9 Å². The number of nitrogens with zero attached hydrogens (tertiary/aromatic N) is 3. The minimum Gasteiger partial charge on any atom is -0.436 e. The monoisotopic (exact) mass is 285 g/mol. The Kier molecular flexibility index (Phi) is 3.44. The Labute approximate surface area is 109 Å². The third kappa shape index (κ3) is 3.14. The maximum atomic E-state index is 11.2. The van der Waals surface area contributed by atoms with E-state index >= 15 is 0 Å². The molecule has 2 rings (SSSR count). The van der Waals surface area contributed by atoms with Gasteiger partial charge in [-0.05, 0) is 6.07 Å². The summed E-state index contributed by atoms with van der Waals surface area (Å²) in [5, 5.41) is 7.51. The summed E-state index contributed by atoms with van der Waals surface area (Å²) in [4.78, 5) is 3.84. The van der Waals surface area contributed by atoms with Crippen molar-refractivity contribution in [1.29, 1.82) is 0 Å². The quantitative estimate of drug-likeness (QED) is 0.854. The summed E-state index contributed by atoms with van der Waals surface area (Å²) in [6.45, 7) is 0. The highest BCUT2D eigenvalue weighted by Crippen LogP contribution is 2.21. The van der Waals surface area contributed by atoms with E-state index in [1.54, 1.807) is 6.07 Å². The van der Waals surface area contributed by atoms with Crippen molar-refractivity contribution in [3.8, 4) is 11.6 Å². The molecule has 0 bridgehead atoms. The van der Waals surface area contributed by atoms with Crippen LogP contribution in [0.25, 0.3) is 0 Å². The normalized spacial score (nSPS) is 11.2. The van der Waals surface area contributed by atoms with Crippen LogP contribution in [0.2, 0.25) is 5.02 Å². The molecule has 0 aliphatic rings. The highest BCUT2D eigenvalue weighted by Gasteiger charge is 2.10. The summed E-state index contributed by atoms with van der Waals surface area (Å²) in [6.07, 6.45) is 3.98. The van der Waals surface area contributed by atoms with Crippen LogP contribution in [-0.2, 0) is 9.84 Å². The van der Waals surface area contributed by atoms with E-state index < -0.39 is 9.84 Å². The van der Waals surface area contributed by atoms with E-state index in [1.807, 2.05) is 0 Å². The molecule has 0 saturated heterocycles. The highest BCUT2D eigenvalue weighted by atomic mass is 35.5. The molecule has 2 heterocycles. The van der Waals surface area contributed by atoms with Crippen molar-refractivity contribution in [2.75, 3.05) is 6.26 Å². The van der Waals surface area contributed by atoms with Crippen molar-refractivity contribution in [1.82, 2.24) is 15.2 Å². The fraction of sp³-hybridized carbons (Fsp3) is 0.100. The van der Waals surface area contributed by atoms with Gasteiger partial charge in [-0.1, -0.05) is 11.6 Å². The molecule has 0 atom stereocenters. The number of ether oxygens (including phenoxy) is 1. The first kappa shape index (κ1) is 12.7. The number of hydrogen-bond acceptors (Lipinski definition) is 6. The Balaban J connectivity index is 2.21. The molecule has 18 heavy (non-hydrogen) atoms. The van der Waals surface area contributed by atoms with E-state index in [9.17, 15) is 8.42 Å². The average Bonchev–Trinajstić information content (AvgIpc) is 2.28. The van der Waals surface area contributed by atoms with E-state index in [0.29, 0.717) is 10.8 Å². The molecule has 0 aliphatic heterocycles. The van der Waals surface area contributed by atoms with Crippen LogP contribution in [0.1, 0.15) is 0 Å². The molecule has 2 aromatic rings. The molecule has 0 N–H and O–H groups in total. The molecule has 2 aromatic heterocycles. The van der Waals surface area contributed by atoms with Crippen LogP contribution in [0, 0.1) is 0 Å². The van der Waals surface area contributed by atoms with Crippen molar-refractivity contribution in [3.05, 3.63) is 35.6 Å². The van der Waals surface area contributed by atoms with Gasteiger partial charge in [0.2, 0.25) is 5.88 Å². The third-order valence-electron chi connectivity index (χ3n) is 1.90. The molecule has 0 saturated carbocycles. The van der Waals surface area contributed by atoms with Crippen molar-refractivity contribution >= 4 is 21.4 Å². The van der Waals surface area contributed by atoms with Crippen molar-refractivity contribution in [2.24, 2.45) is 0 Å². The number of rotatable bonds is 3. The number of hydrogen-bond donors (Lipinski definition) is 0. The summed E-state index contributed by atoms with van der Waals surface area (Å²) >= 11 is 5.74. The smallest absolute Gasteiger partial charge is 0.238 e. The van der Waals surface area contributed by atoms with Crippen LogP contribution >= 0.6 is 11.6 Å². The molecular weight excluding hydrogens is 278 g/mol. The van der Waals surface area contributed by atoms with Crippen molar-refractivity contribution in [3.63, 3.8) is 0 Å². The zero-order valence-corrected chi connectivity index (χ0v) is 10.8. The molecule has 6 nitrogen and oxygen atoms in total. The molecule has 0 aromatic carbocycles. The SMILES string of the molecule is CS(=O)(=O)c1ccc(Oc2cncc(Cl)c2)nn1. The Bertz CT molecular complexity index is 658. The minimum atomic E-state index is -3.36. The van der Waals surface area contributed by atoms with Gasteiger partial charge in [-0.25, -0.2) is 8.42 Å². The second-order valence-corrected chi connectivity index (χ2v) is 5.82. The van der Waals surface area contributed by atoms with Crippen LogP contribution in [0.15, 0.2) is 35.6 Å². The first-order valence-electron chi connectivity index (χ1n) is 4.77. The largest absolute Gasteiger partial charge is 0.436 e. The molecule has 0 fully saturated rings. The third-order valence-corrected chi connectivity index (χ3v) is 3.08. The Morgan fingerprint density at radius 2 is 2.00 bits per heavy atom. The first-order valence-corrected chi connectivity index (χ1v) is 7.04. The maximum Gasteiger partial charge on any atom is 0.238 e. The lowest BCUT2D eigenvalue weighted by molar-refractivity contribution is 0.450. The Morgan fingerprint density at radius 3 is 2.56 bits per heavy atom. The predicted molar refractivity (Wildman–Crippen MR) is 64.5 cm³/mol. The van der Waals surface area contributed by atoms with Crippen LogP contribution < -0.4 is 4.74 Å². The van der Waals surface area contributed by atoms with Crippen LogP contribution in [-0.4, -0.2) is 29.9 Å². The van der Waals surface area contributed by atoms with Gasteiger partial charge in [0, 0.05) is 24.6 Å². The summed E-state index contributed by atoms with van der Waals surface area (Å²) in [5.41, 5.74) is 0. The fourth-order valence-electron chi connectivity index (χ4n) is 1.13. The molecule has 0 amide bonds. The van der Waals surface area contributed by atoms with Crippen molar-refractivity contribution in [2.45, 2.75) is 5.03 Å². The number of sulfone groups is 1. The van der Waals surface area contributed by atoms with Gasteiger partial charge in [-0.3, -0.25) is 4.98 Å². The Morgan fingerprint density at radius 1 is 1.22 bits per heavy atom. The fourth-order valence-corrected chi connectivity index (χ4v) is 1.80. The predicted octanol–water partition coefficient (Wildman–Crippen LogP) is 1.72. The van der Waals surface area contributed by atoms with Crippen molar-refractivity contribution < 1.29 is 13.2 Å². The van der Waals surface area contributed by atoms with Crippen LogP contribution in [0.5, 0.6) is 11.6 Å². The standard InChI is InChI=1S/C10H8ClN3O3S/c1-18(15,16)10-3-2-9(13-14-10)17-8-4-7(11)5-12-6-8/h2-6H,1H3. The highest BCUT2D eigenvalue weighted by molar-refractivity contribution is 7.90. The lowest BCUT2D eigenvalue weighted by atomic mass is 10.4. The van der Waals surface area contributed by atoms with Gasteiger partial charge in [0.25, 0.3) is 0 Å². The summed E-state index contributed by atoms with van der Waals surface area (Å²) in [5.74, 6) is 0.551. The second kappa shape index (κ2) is 4.87. The van der Waals surface area contributed by atoms with E-state index in [4.69, 9.17) is 16.3 Å². The topological polar surface area (TPSA) is 82.0 Å². The number of pyridine rings is 1. The Hall–Kier alpha value is -1.73. The zero-order valence-electron chi connectivity index (χ0n) is 9.24. The molecule has 94 valence electrons. The van der Waals surface area contributed by atoms with Gasteiger partial charge in [0.1, 0.15) is 5.75 Å². The second-order valence-electron chi connectivity index (χ2n) is 3.42. The summed E-state index contributed by atoms with van der Waals surface area (Å²) in [7, 11) is -3.36. The van der Waals surface area contributed by atoms with Gasteiger partial charge >= 0.3 is 0 Å². The van der Waals surface area contributed by atoms with E-state index in [1.165, 1.54) is 24.5 Å². The summed E-state index contributed by atoms with van der Waals surface area (Å²) < 4.78 is 27.7. The van der Waals surface area contributed by atoms with Gasteiger partial charge < -0.3 is 4.74 Å². The number of halogens is 1. The molecule has 0 radical (unpaired) electrons. The first-order chi connectivity index (χ1) is 8.45. The maximum absolute atomic E-state index is 11.2. The molecule has 0 unspecified atom stereocenters. The van der Waals surface area contributed by atoms with Gasteiger partial charge in [-0.2, -0.15) is 0 Å². The zero-order chi connectivity index (χ0) is 13.2. The molecule has 0 spiro atoms. The van der Waals surface area contributed by atoms with E-state index in [2.05, 4.69) is 15.2 Å². The average molecular weight is 286 g/mol. The molecule has 0 aliphatic carbocycles.